The molecule has 0 aromatic rings. The van der Waals surface area contributed by atoms with Crippen LogP contribution in [0.1, 0.15) is 51.9 Å². The van der Waals surface area contributed by atoms with Gasteiger partial charge in [-0.2, -0.15) is 0 Å². The lowest BCUT2D eigenvalue weighted by Gasteiger charge is -2.31. The molecule has 2 aliphatic rings. The van der Waals surface area contributed by atoms with Crippen molar-refractivity contribution in [2.45, 2.75) is 57.8 Å². The molecule has 1 N–H and O–H groups in total. The van der Waals surface area contributed by atoms with Crippen LogP contribution in [0, 0.1) is 0 Å². The molecule has 6 heteroatoms. The van der Waals surface area contributed by atoms with Gasteiger partial charge in [-0.1, -0.05) is 6.58 Å². The maximum absolute atomic E-state index is 12.1. The molecule has 2 aliphatic carbocycles. The van der Waals surface area contributed by atoms with Crippen LogP contribution in [0.25, 0.3) is 0 Å². The highest BCUT2D eigenvalue weighted by atomic mass is 16.9. The zero-order chi connectivity index (χ0) is 16.9. The second-order valence-electron chi connectivity index (χ2n) is 5.76. The van der Waals surface area contributed by atoms with E-state index in [9.17, 15) is 9.59 Å². The van der Waals surface area contributed by atoms with Gasteiger partial charge in [-0.3, -0.25) is 4.79 Å². The number of allylic oxidation sites excluding steroid dienone is 4. The van der Waals surface area contributed by atoms with Crippen LogP contribution >= 0.6 is 0 Å². The van der Waals surface area contributed by atoms with Crippen molar-refractivity contribution >= 4 is 11.9 Å². The highest BCUT2D eigenvalue weighted by molar-refractivity contribution is 5.92. The van der Waals surface area contributed by atoms with E-state index >= 15 is 0 Å². The Balaban J connectivity index is 2.06. The van der Waals surface area contributed by atoms with Gasteiger partial charge >= 0.3 is 17.9 Å². The van der Waals surface area contributed by atoms with Crippen molar-refractivity contribution in [3.63, 3.8) is 0 Å². The predicted octanol–water partition coefficient (Wildman–Crippen LogP) is 3.40. The molecule has 23 heavy (non-hydrogen) atoms. The second kappa shape index (κ2) is 7.35. The third-order valence-electron chi connectivity index (χ3n) is 3.56. The topological polar surface area (TPSA) is 82.1 Å². The van der Waals surface area contributed by atoms with Crippen molar-refractivity contribution in [2.24, 2.45) is 0 Å². The van der Waals surface area contributed by atoms with Gasteiger partial charge in [0.2, 0.25) is 0 Å². The molecule has 0 saturated carbocycles. The summed E-state index contributed by atoms with van der Waals surface area (Å²) in [5.74, 6) is -2.18. The smallest absolute Gasteiger partial charge is 0.415 e. The Kier molecular flexibility index (Phi) is 5.47. The molecule has 2 rings (SSSR count). The van der Waals surface area contributed by atoms with Crippen molar-refractivity contribution in [1.82, 2.24) is 0 Å². The predicted molar refractivity (Wildman–Crippen MR) is 81.9 cm³/mol. The van der Waals surface area contributed by atoms with E-state index in [-0.39, 0.29) is 5.57 Å². The number of hydrogen-bond donors (Lipinski definition) is 1. The first kappa shape index (κ1) is 17.1. The zero-order valence-corrected chi connectivity index (χ0v) is 13.3. The zero-order valence-electron chi connectivity index (χ0n) is 13.3. The van der Waals surface area contributed by atoms with Gasteiger partial charge < -0.3 is 19.3 Å². The van der Waals surface area contributed by atoms with E-state index < -0.39 is 24.3 Å². The lowest BCUT2D eigenvalue weighted by Crippen LogP contribution is -2.38. The molecule has 126 valence electrons. The molecule has 0 aromatic carbocycles. The molecule has 0 bridgehead atoms. The number of carbonyl (C=O) groups is 2. The van der Waals surface area contributed by atoms with Gasteiger partial charge in [0, 0.05) is 18.4 Å². The van der Waals surface area contributed by atoms with Gasteiger partial charge in [-0.25, -0.2) is 4.79 Å². The van der Waals surface area contributed by atoms with Gasteiger partial charge in [-0.15, -0.1) is 0 Å². The summed E-state index contributed by atoms with van der Waals surface area (Å²) >= 11 is 0. The maximum atomic E-state index is 12.1. The summed E-state index contributed by atoms with van der Waals surface area (Å²) in [7, 11) is 0. The van der Waals surface area contributed by atoms with Gasteiger partial charge in [0.25, 0.3) is 0 Å². The van der Waals surface area contributed by atoms with E-state index in [0.717, 1.165) is 38.5 Å². The second-order valence-corrected chi connectivity index (χ2v) is 5.76. The molecule has 0 unspecified atom stereocenters. The Hall–Kier alpha value is -2.24. The van der Waals surface area contributed by atoms with Crippen molar-refractivity contribution in [3.05, 3.63) is 35.8 Å². The highest BCUT2D eigenvalue weighted by Gasteiger charge is 2.37. The standard InChI is InChI=1S/C17H22O6/c1-12(11-15(18)19)16(20)23-17(2,21-13-7-3-4-8-13)22-14-9-5-6-10-14/h7,9H,1,3-6,8,10-11H2,2H3,(H,18,19). The summed E-state index contributed by atoms with van der Waals surface area (Å²) in [5, 5.41) is 8.74. The van der Waals surface area contributed by atoms with Crippen LogP contribution in [0.5, 0.6) is 0 Å². The lowest BCUT2D eigenvalue weighted by molar-refractivity contribution is -0.322. The third-order valence-corrected chi connectivity index (χ3v) is 3.56. The average molecular weight is 322 g/mol. The van der Waals surface area contributed by atoms with Crippen LogP contribution in [-0.4, -0.2) is 23.0 Å². The van der Waals surface area contributed by atoms with Crippen LogP contribution in [0.3, 0.4) is 0 Å². The Labute approximate surface area is 135 Å². The van der Waals surface area contributed by atoms with Crippen molar-refractivity contribution in [2.75, 3.05) is 0 Å². The molecular weight excluding hydrogens is 300 g/mol. The van der Waals surface area contributed by atoms with Crippen LogP contribution in [0.4, 0.5) is 0 Å². The van der Waals surface area contributed by atoms with Crippen LogP contribution in [0.2, 0.25) is 0 Å². The summed E-state index contributed by atoms with van der Waals surface area (Å²) in [6.45, 7) is 4.96. The quantitative estimate of drug-likeness (QED) is 0.419. The molecule has 0 fully saturated rings. The number of carboxylic acid groups (broad SMARTS) is 1. The molecule has 0 heterocycles. The fourth-order valence-corrected chi connectivity index (χ4v) is 2.50. The SMILES string of the molecule is C=C(CC(=O)O)C(=O)OC(C)(OC1=CCCC1)OC1=CCCC1. The van der Waals surface area contributed by atoms with Gasteiger partial charge in [-0.05, 0) is 37.8 Å². The fraction of sp³-hybridized carbons (Fsp3) is 0.529. The number of hydrogen-bond acceptors (Lipinski definition) is 5. The molecule has 0 aromatic heterocycles. The van der Waals surface area contributed by atoms with Gasteiger partial charge in [0.1, 0.15) is 11.5 Å². The number of aliphatic carboxylic acids is 1. The molecule has 0 atom stereocenters. The number of carboxylic acids is 1. The first-order valence-corrected chi connectivity index (χ1v) is 7.77. The summed E-state index contributed by atoms with van der Waals surface area (Å²) in [4.78, 5) is 22.7. The van der Waals surface area contributed by atoms with Gasteiger partial charge in [0.05, 0.1) is 13.3 Å². The molecule has 0 radical (unpaired) electrons. The Morgan fingerprint density at radius 1 is 1.17 bits per heavy atom. The van der Waals surface area contributed by atoms with Crippen LogP contribution in [0.15, 0.2) is 35.8 Å². The molecule has 0 spiro atoms. The van der Waals surface area contributed by atoms with E-state index in [0.29, 0.717) is 11.5 Å². The number of rotatable bonds is 8. The highest BCUT2D eigenvalue weighted by Crippen LogP contribution is 2.31. The first-order valence-electron chi connectivity index (χ1n) is 7.77. The molecular formula is C17H22O6. The fourth-order valence-electron chi connectivity index (χ4n) is 2.50. The van der Waals surface area contributed by atoms with Crippen molar-refractivity contribution in [1.29, 1.82) is 0 Å². The normalized spacial score (nSPS) is 17.3. The van der Waals surface area contributed by atoms with Crippen LogP contribution in [-0.2, 0) is 23.8 Å². The van der Waals surface area contributed by atoms with Crippen LogP contribution < -0.4 is 0 Å². The van der Waals surface area contributed by atoms with Crippen molar-refractivity contribution in [3.8, 4) is 0 Å². The summed E-state index contributed by atoms with van der Waals surface area (Å²) in [6, 6.07) is 0. The number of carbonyl (C=O) groups excluding carboxylic acids is 1. The van der Waals surface area contributed by atoms with Crippen molar-refractivity contribution < 1.29 is 28.9 Å². The minimum atomic E-state index is -1.62. The molecule has 0 saturated heterocycles. The number of esters is 1. The lowest BCUT2D eigenvalue weighted by atomic mass is 10.2. The minimum Gasteiger partial charge on any atom is -0.481 e. The summed E-state index contributed by atoms with van der Waals surface area (Å²) in [5.41, 5.74) is -0.156. The van der Waals surface area contributed by atoms with E-state index in [1.54, 1.807) is 0 Å². The summed E-state index contributed by atoms with van der Waals surface area (Å²) in [6.07, 6.45) is 8.68. The molecule has 0 aliphatic heterocycles. The third kappa shape index (κ3) is 5.16. The maximum Gasteiger partial charge on any atom is 0.415 e. The van der Waals surface area contributed by atoms with Gasteiger partial charge in [0.15, 0.2) is 0 Å². The Bertz CT molecular complexity index is 531. The largest absolute Gasteiger partial charge is 0.481 e. The van der Waals surface area contributed by atoms with E-state index in [4.69, 9.17) is 19.3 Å². The monoisotopic (exact) mass is 322 g/mol. The van der Waals surface area contributed by atoms with E-state index in [2.05, 4.69) is 6.58 Å². The first-order chi connectivity index (χ1) is 10.9. The number of ether oxygens (including phenoxy) is 3. The summed E-state index contributed by atoms with van der Waals surface area (Å²) < 4.78 is 16.8. The van der Waals surface area contributed by atoms with E-state index in [1.165, 1.54) is 6.92 Å². The Morgan fingerprint density at radius 2 is 1.70 bits per heavy atom. The Morgan fingerprint density at radius 3 is 2.09 bits per heavy atom. The average Bonchev–Trinajstić information content (AvgIpc) is 3.11. The molecule has 0 amide bonds. The molecule has 6 nitrogen and oxygen atoms in total. The minimum absolute atomic E-state index is 0.156. The van der Waals surface area contributed by atoms with E-state index in [1.807, 2.05) is 12.2 Å².